The molecule has 0 unspecified atom stereocenters. The Morgan fingerprint density at radius 2 is 1.75 bits per heavy atom. The van der Waals surface area contributed by atoms with Gasteiger partial charge in [0.25, 0.3) is 0 Å². The maximum atomic E-state index is 13.4. The van der Waals surface area contributed by atoms with Gasteiger partial charge < -0.3 is 24.7 Å². The minimum absolute atomic E-state index is 0.00419. The van der Waals surface area contributed by atoms with Crippen LogP contribution < -0.4 is 0 Å². The summed E-state index contributed by atoms with van der Waals surface area (Å²) in [5.74, 6) is -2.82. The Hall–Kier alpha value is -3.84. The highest BCUT2D eigenvalue weighted by atomic mass is 16.4. The molecule has 36 heavy (non-hydrogen) atoms. The van der Waals surface area contributed by atoms with E-state index >= 15 is 0 Å². The van der Waals surface area contributed by atoms with Crippen LogP contribution in [0, 0.1) is 0 Å². The van der Waals surface area contributed by atoms with E-state index in [1.165, 1.54) is 31.0 Å². The lowest BCUT2D eigenvalue weighted by atomic mass is 9.83. The van der Waals surface area contributed by atoms with E-state index in [0.29, 0.717) is 29.7 Å². The maximum Gasteiger partial charge on any atom is 0.372 e. The van der Waals surface area contributed by atoms with Gasteiger partial charge in [-0.15, -0.1) is 0 Å². The average molecular weight is 488 g/mol. The van der Waals surface area contributed by atoms with Gasteiger partial charge in [-0.25, -0.2) is 4.79 Å². The summed E-state index contributed by atoms with van der Waals surface area (Å²) in [4.78, 5) is 28.5. The molecule has 7 heteroatoms. The third kappa shape index (κ3) is 4.31. The molecule has 0 saturated heterocycles. The lowest BCUT2D eigenvalue weighted by molar-refractivity contribution is 0.0661. The molecule has 4 N–H and O–H groups in total. The number of nitrogens with one attached hydrogen (secondary N) is 1. The number of H-pyrrole nitrogens is 1. The highest BCUT2D eigenvalue weighted by molar-refractivity contribution is 6.18. The Balaban J connectivity index is 1.52. The average Bonchev–Trinajstić information content (AvgIpc) is 3.49. The van der Waals surface area contributed by atoms with E-state index in [4.69, 9.17) is 9.52 Å². The van der Waals surface area contributed by atoms with E-state index in [1.807, 2.05) is 24.3 Å². The number of carboxylic acid groups (broad SMARTS) is 1. The van der Waals surface area contributed by atoms with Crippen LogP contribution >= 0.6 is 0 Å². The van der Waals surface area contributed by atoms with Gasteiger partial charge in [0.05, 0.1) is 11.1 Å². The first-order valence-corrected chi connectivity index (χ1v) is 12.4. The Morgan fingerprint density at radius 3 is 2.44 bits per heavy atom. The number of hydrogen-bond donors (Lipinski definition) is 4. The number of benzene rings is 2. The van der Waals surface area contributed by atoms with E-state index < -0.39 is 29.0 Å². The predicted octanol–water partition coefficient (Wildman–Crippen LogP) is 6.04. The summed E-state index contributed by atoms with van der Waals surface area (Å²) in [6, 6.07) is 13.0. The lowest BCUT2D eigenvalue weighted by Gasteiger charge is -2.22. The Kier molecular flexibility index (Phi) is 6.65. The zero-order chi connectivity index (χ0) is 25.2. The number of para-hydroxylation sites is 1. The molecule has 1 saturated carbocycles. The molecule has 0 amide bonds. The van der Waals surface area contributed by atoms with Crippen molar-refractivity contribution in [2.24, 2.45) is 0 Å². The standard InChI is InChI=1S/C29H29NO6/c31-15-5-9-20-8-4-10-21-22(16-30-24(20)21)25(32)28-26(33)23(27(36-28)29(34)35)19-13-11-18(12-14-19)17-6-2-1-3-7-17/h4,8,10-14,16-17,30-31,33H,1-3,5-7,9,15H2,(H,34,35). The number of aromatic amines is 1. The number of carboxylic acids is 1. The molecule has 0 aliphatic heterocycles. The number of aliphatic hydroxyl groups is 1. The monoisotopic (exact) mass is 487 g/mol. The number of aromatic carboxylic acids is 1. The van der Waals surface area contributed by atoms with Crippen LogP contribution in [0.25, 0.3) is 22.0 Å². The minimum atomic E-state index is -1.36. The molecule has 1 aliphatic rings. The molecule has 7 nitrogen and oxygen atoms in total. The van der Waals surface area contributed by atoms with E-state index in [2.05, 4.69) is 4.98 Å². The number of carbonyl (C=O) groups is 2. The molecule has 4 aromatic rings. The molecule has 2 aromatic heterocycles. The molecule has 1 aliphatic carbocycles. The molecule has 2 aromatic carbocycles. The first-order chi connectivity index (χ1) is 17.5. The minimum Gasteiger partial charge on any atom is -0.504 e. The summed E-state index contributed by atoms with van der Waals surface area (Å²) in [6.07, 6.45) is 8.72. The largest absolute Gasteiger partial charge is 0.504 e. The van der Waals surface area contributed by atoms with Gasteiger partial charge in [0.15, 0.2) is 5.75 Å². The van der Waals surface area contributed by atoms with Crippen LogP contribution in [0.15, 0.2) is 53.1 Å². The fourth-order valence-electron chi connectivity index (χ4n) is 5.36. The number of aromatic hydroxyl groups is 1. The smallest absolute Gasteiger partial charge is 0.372 e. The fraction of sp³-hybridized carbons (Fsp3) is 0.310. The first kappa shape index (κ1) is 23.9. The predicted molar refractivity (Wildman–Crippen MR) is 136 cm³/mol. The molecule has 0 bridgehead atoms. The Bertz CT molecular complexity index is 1410. The van der Waals surface area contributed by atoms with Crippen molar-refractivity contribution in [1.29, 1.82) is 0 Å². The number of fused-ring (bicyclic) bond motifs is 1. The molecule has 0 atom stereocenters. The van der Waals surface area contributed by atoms with E-state index in [9.17, 15) is 19.8 Å². The van der Waals surface area contributed by atoms with E-state index in [1.54, 1.807) is 18.2 Å². The SMILES string of the molecule is O=C(O)c1oc(C(=O)c2c[nH]c3c(CCCO)cccc23)c(O)c1-c1ccc(C2CCCCC2)cc1. The van der Waals surface area contributed by atoms with Crippen molar-refractivity contribution < 1.29 is 29.3 Å². The second-order valence-electron chi connectivity index (χ2n) is 9.44. The molecule has 2 heterocycles. The number of rotatable bonds is 8. The van der Waals surface area contributed by atoms with Gasteiger partial charge in [-0.05, 0) is 48.3 Å². The molecular formula is C29H29NO6. The quantitative estimate of drug-likeness (QED) is 0.225. The zero-order valence-electron chi connectivity index (χ0n) is 19.9. The maximum absolute atomic E-state index is 13.4. The van der Waals surface area contributed by atoms with Crippen LogP contribution in [0.4, 0.5) is 0 Å². The topological polar surface area (TPSA) is 124 Å². The molecular weight excluding hydrogens is 458 g/mol. The highest BCUT2D eigenvalue weighted by Crippen LogP contribution is 2.41. The first-order valence-electron chi connectivity index (χ1n) is 12.4. The molecule has 5 rings (SSSR count). The van der Waals surface area contributed by atoms with Gasteiger partial charge in [0, 0.05) is 23.7 Å². The van der Waals surface area contributed by atoms with Crippen molar-refractivity contribution in [2.75, 3.05) is 6.61 Å². The number of hydrogen-bond acceptors (Lipinski definition) is 5. The Morgan fingerprint density at radius 1 is 1.00 bits per heavy atom. The molecule has 0 radical (unpaired) electrons. The summed E-state index contributed by atoms with van der Waals surface area (Å²) >= 11 is 0. The van der Waals surface area contributed by atoms with Gasteiger partial charge in [0.1, 0.15) is 0 Å². The number of carbonyl (C=O) groups excluding carboxylic acids is 1. The van der Waals surface area contributed by atoms with Crippen LogP contribution in [0.3, 0.4) is 0 Å². The molecule has 1 fully saturated rings. The normalized spacial score (nSPS) is 14.4. The van der Waals surface area contributed by atoms with Crippen LogP contribution in [0.1, 0.15) is 82.2 Å². The van der Waals surface area contributed by atoms with Gasteiger partial charge in [-0.3, -0.25) is 4.79 Å². The van der Waals surface area contributed by atoms with E-state index in [0.717, 1.165) is 23.9 Å². The van der Waals surface area contributed by atoms with Gasteiger partial charge >= 0.3 is 5.97 Å². The highest BCUT2D eigenvalue weighted by Gasteiger charge is 2.31. The fourth-order valence-corrected chi connectivity index (χ4v) is 5.36. The lowest BCUT2D eigenvalue weighted by Crippen LogP contribution is -2.04. The van der Waals surface area contributed by atoms with Crippen molar-refractivity contribution in [1.82, 2.24) is 4.98 Å². The summed E-state index contributed by atoms with van der Waals surface area (Å²) in [5, 5.41) is 30.6. The van der Waals surface area contributed by atoms with Crippen LogP contribution in [-0.4, -0.2) is 38.7 Å². The van der Waals surface area contributed by atoms with Gasteiger partial charge in [0.2, 0.25) is 17.3 Å². The third-order valence-electron chi connectivity index (χ3n) is 7.21. The number of ketones is 1. The van der Waals surface area contributed by atoms with E-state index in [-0.39, 0.29) is 17.7 Å². The molecule has 0 spiro atoms. The number of furan rings is 1. The third-order valence-corrected chi connectivity index (χ3v) is 7.21. The number of aromatic nitrogens is 1. The second kappa shape index (κ2) is 10.0. The van der Waals surface area contributed by atoms with Gasteiger partial charge in [-0.1, -0.05) is 61.7 Å². The number of aryl methyl sites for hydroxylation is 1. The van der Waals surface area contributed by atoms with Crippen LogP contribution in [0.2, 0.25) is 0 Å². The van der Waals surface area contributed by atoms with Crippen molar-refractivity contribution in [2.45, 2.75) is 50.9 Å². The second-order valence-corrected chi connectivity index (χ2v) is 9.44. The molecule has 186 valence electrons. The number of aliphatic hydroxyl groups excluding tert-OH is 1. The Labute approximate surface area is 208 Å². The summed E-state index contributed by atoms with van der Waals surface area (Å²) in [7, 11) is 0. The van der Waals surface area contributed by atoms with Crippen molar-refractivity contribution in [3.8, 4) is 16.9 Å². The summed E-state index contributed by atoms with van der Waals surface area (Å²) in [6.45, 7) is 0.0610. The van der Waals surface area contributed by atoms with Crippen LogP contribution in [-0.2, 0) is 6.42 Å². The van der Waals surface area contributed by atoms with Crippen molar-refractivity contribution >= 4 is 22.7 Å². The summed E-state index contributed by atoms with van der Waals surface area (Å²) in [5.41, 5.74) is 3.68. The van der Waals surface area contributed by atoms with Crippen molar-refractivity contribution in [3.63, 3.8) is 0 Å². The zero-order valence-corrected chi connectivity index (χ0v) is 19.9. The van der Waals surface area contributed by atoms with Crippen LogP contribution in [0.5, 0.6) is 5.75 Å². The van der Waals surface area contributed by atoms with Gasteiger partial charge in [-0.2, -0.15) is 0 Å². The van der Waals surface area contributed by atoms with Crippen molar-refractivity contribution in [3.05, 3.63) is 76.9 Å². The summed E-state index contributed by atoms with van der Waals surface area (Å²) < 4.78 is 5.49.